The summed E-state index contributed by atoms with van der Waals surface area (Å²) in [7, 11) is 0. The van der Waals surface area contributed by atoms with Gasteiger partial charge in [0.25, 0.3) is 5.69 Å². The first-order valence-electron chi connectivity index (χ1n) is 5.88. The van der Waals surface area contributed by atoms with Gasteiger partial charge < -0.3 is 5.32 Å². The molecule has 2 aromatic carbocycles. The molecule has 7 heteroatoms. The Morgan fingerprint density at radius 3 is 2.43 bits per heavy atom. The predicted octanol–water partition coefficient (Wildman–Crippen LogP) is 3.36. The molecule has 0 bridgehead atoms. The molecular weight excluding hydrogens is 280 g/mol. The molecule has 1 N–H and O–H groups in total. The van der Waals surface area contributed by atoms with Crippen molar-refractivity contribution in [2.24, 2.45) is 0 Å². The Balaban J connectivity index is 2.26. The molecule has 21 heavy (non-hydrogen) atoms. The summed E-state index contributed by atoms with van der Waals surface area (Å²) in [4.78, 5) is 10.3. The van der Waals surface area contributed by atoms with E-state index in [2.05, 4.69) is 5.32 Å². The average Bonchev–Trinajstić information content (AvgIpc) is 2.46. The van der Waals surface area contributed by atoms with E-state index in [1.807, 2.05) is 0 Å². The number of hydrogen-bond donors (Lipinski definition) is 1. The highest BCUT2D eigenvalue weighted by atomic mass is 19.1. The smallest absolute Gasteiger partial charge is 0.274 e. The minimum atomic E-state index is -0.926. The molecule has 2 rings (SSSR count). The van der Waals surface area contributed by atoms with Gasteiger partial charge >= 0.3 is 0 Å². The Labute approximate surface area is 118 Å². The van der Waals surface area contributed by atoms with E-state index in [1.54, 1.807) is 12.1 Å². The molecule has 0 aliphatic heterocycles. The molecule has 5 nitrogen and oxygen atoms in total. The van der Waals surface area contributed by atoms with E-state index in [-0.39, 0.29) is 17.8 Å². The maximum atomic E-state index is 13.7. The topological polar surface area (TPSA) is 79.0 Å². The SMILES string of the molecule is N#Cc1cc(F)c(NCc2ccccc2[N+](=O)[O-])c(F)c1. The maximum absolute atomic E-state index is 13.7. The number of nitro benzene ring substituents is 1. The Morgan fingerprint density at radius 1 is 1.24 bits per heavy atom. The summed E-state index contributed by atoms with van der Waals surface area (Å²) < 4.78 is 27.3. The van der Waals surface area contributed by atoms with Crippen LogP contribution in [0.4, 0.5) is 20.2 Å². The summed E-state index contributed by atoms with van der Waals surface area (Å²) in [5, 5.41) is 21.9. The first-order chi connectivity index (χ1) is 10.0. The summed E-state index contributed by atoms with van der Waals surface area (Å²) in [5.74, 6) is -1.85. The lowest BCUT2D eigenvalue weighted by atomic mass is 10.1. The number of nitriles is 1. The third kappa shape index (κ3) is 3.12. The highest BCUT2D eigenvalue weighted by Crippen LogP contribution is 2.23. The second-order valence-electron chi connectivity index (χ2n) is 4.17. The van der Waals surface area contributed by atoms with Gasteiger partial charge in [0.2, 0.25) is 0 Å². The molecule has 0 saturated heterocycles. The number of hydrogen-bond acceptors (Lipinski definition) is 4. The molecule has 0 saturated carbocycles. The van der Waals surface area contributed by atoms with Gasteiger partial charge in [0.05, 0.1) is 16.6 Å². The van der Waals surface area contributed by atoms with Crippen LogP contribution in [0.5, 0.6) is 0 Å². The fourth-order valence-electron chi connectivity index (χ4n) is 1.83. The fraction of sp³-hybridized carbons (Fsp3) is 0.0714. The number of halogens is 2. The standard InChI is InChI=1S/C14H9F2N3O2/c15-11-5-9(7-17)6-12(16)14(11)18-8-10-3-1-2-4-13(10)19(20)21/h1-6,18H,8H2. The lowest BCUT2D eigenvalue weighted by Crippen LogP contribution is -2.06. The van der Waals surface area contributed by atoms with Crippen molar-refractivity contribution < 1.29 is 13.7 Å². The van der Waals surface area contributed by atoms with Crippen LogP contribution < -0.4 is 5.32 Å². The molecule has 0 fully saturated rings. The van der Waals surface area contributed by atoms with Crippen LogP contribution in [-0.4, -0.2) is 4.92 Å². The lowest BCUT2D eigenvalue weighted by molar-refractivity contribution is -0.385. The third-order valence-electron chi connectivity index (χ3n) is 2.82. The molecule has 106 valence electrons. The van der Waals surface area contributed by atoms with E-state index in [4.69, 9.17) is 5.26 Å². The monoisotopic (exact) mass is 289 g/mol. The van der Waals surface area contributed by atoms with Gasteiger partial charge in [0, 0.05) is 18.2 Å². The second-order valence-corrected chi connectivity index (χ2v) is 4.17. The third-order valence-corrected chi connectivity index (χ3v) is 2.82. The number of anilines is 1. The number of benzene rings is 2. The summed E-state index contributed by atoms with van der Waals surface area (Å²) in [6.45, 7) is -0.114. The van der Waals surface area contributed by atoms with Crippen LogP contribution in [-0.2, 0) is 6.54 Å². The summed E-state index contributed by atoms with van der Waals surface area (Å²) in [6.07, 6.45) is 0. The van der Waals surface area contributed by atoms with Crippen LogP contribution in [0.3, 0.4) is 0 Å². The molecule has 2 aromatic rings. The molecule has 0 amide bonds. The largest absolute Gasteiger partial charge is 0.376 e. The quantitative estimate of drug-likeness (QED) is 0.691. The van der Waals surface area contributed by atoms with E-state index in [0.29, 0.717) is 5.56 Å². The van der Waals surface area contributed by atoms with Gasteiger partial charge in [-0.25, -0.2) is 8.78 Å². The minimum absolute atomic E-state index is 0.114. The number of para-hydroxylation sites is 1. The van der Waals surface area contributed by atoms with E-state index < -0.39 is 22.2 Å². The van der Waals surface area contributed by atoms with Gasteiger partial charge in [-0.2, -0.15) is 5.26 Å². The van der Waals surface area contributed by atoms with Crippen LogP contribution in [0.25, 0.3) is 0 Å². The van der Waals surface area contributed by atoms with Crippen LogP contribution >= 0.6 is 0 Å². The number of nitro groups is 1. The van der Waals surface area contributed by atoms with Crippen LogP contribution in [0.15, 0.2) is 36.4 Å². The van der Waals surface area contributed by atoms with E-state index in [1.165, 1.54) is 18.2 Å². The Kier molecular flexibility index (Phi) is 4.09. The normalized spacial score (nSPS) is 9.95. The van der Waals surface area contributed by atoms with Gasteiger partial charge in [-0.15, -0.1) is 0 Å². The van der Waals surface area contributed by atoms with Gasteiger partial charge in [0.1, 0.15) is 5.69 Å². The molecule has 0 radical (unpaired) electrons. The summed E-state index contributed by atoms with van der Waals surface area (Å²) >= 11 is 0. The first kappa shape index (κ1) is 14.4. The average molecular weight is 289 g/mol. The number of nitrogens with one attached hydrogen (secondary N) is 1. The van der Waals surface area contributed by atoms with Crippen molar-refractivity contribution in [2.75, 3.05) is 5.32 Å². The maximum Gasteiger partial charge on any atom is 0.274 e. The van der Waals surface area contributed by atoms with Crippen molar-refractivity contribution in [2.45, 2.75) is 6.54 Å². The predicted molar refractivity (Wildman–Crippen MR) is 71.5 cm³/mol. The van der Waals surface area contributed by atoms with Gasteiger partial charge in [-0.1, -0.05) is 18.2 Å². The molecular formula is C14H9F2N3O2. The summed E-state index contributed by atoms with van der Waals surface area (Å²) in [5.41, 5.74) is -0.404. The molecule has 0 aromatic heterocycles. The van der Waals surface area contributed by atoms with Crippen molar-refractivity contribution in [3.63, 3.8) is 0 Å². The molecule has 0 unspecified atom stereocenters. The Hall–Kier alpha value is -3.01. The zero-order valence-electron chi connectivity index (χ0n) is 10.6. The van der Waals surface area contributed by atoms with Crippen LogP contribution in [0, 0.1) is 33.1 Å². The van der Waals surface area contributed by atoms with Crippen molar-refractivity contribution in [3.8, 4) is 6.07 Å². The van der Waals surface area contributed by atoms with Gasteiger partial charge in [-0.05, 0) is 12.1 Å². The van der Waals surface area contributed by atoms with Crippen molar-refractivity contribution in [1.82, 2.24) is 0 Å². The van der Waals surface area contributed by atoms with E-state index in [0.717, 1.165) is 12.1 Å². The van der Waals surface area contributed by atoms with E-state index >= 15 is 0 Å². The van der Waals surface area contributed by atoms with Gasteiger partial charge in [0.15, 0.2) is 11.6 Å². The zero-order valence-corrected chi connectivity index (χ0v) is 10.6. The first-order valence-corrected chi connectivity index (χ1v) is 5.88. The molecule has 0 spiro atoms. The van der Waals surface area contributed by atoms with Gasteiger partial charge in [-0.3, -0.25) is 10.1 Å². The van der Waals surface area contributed by atoms with Crippen molar-refractivity contribution >= 4 is 11.4 Å². The summed E-state index contributed by atoms with van der Waals surface area (Å²) in [6, 6.07) is 9.32. The van der Waals surface area contributed by atoms with E-state index in [9.17, 15) is 18.9 Å². The highest BCUT2D eigenvalue weighted by Gasteiger charge is 2.15. The van der Waals surface area contributed by atoms with Crippen LogP contribution in [0.2, 0.25) is 0 Å². The molecule has 0 heterocycles. The fourth-order valence-corrected chi connectivity index (χ4v) is 1.83. The van der Waals surface area contributed by atoms with Crippen molar-refractivity contribution in [3.05, 3.63) is 69.3 Å². The molecule has 0 aliphatic carbocycles. The Morgan fingerprint density at radius 2 is 1.86 bits per heavy atom. The number of rotatable bonds is 4. The second kappa shape index (κ2) is 5.96. The highest BCUT2D eigenvalue weighted by molar-refractivity contribution is 5.52. The zero-order chi connectivity index (χ0) is 15.4. The minimum Gasteiger partial charge on any atom is -0.376 e. The number of nitrogens with zero attached hydrogens (tertiary/aromatic N) is 2. The Bertz CT molecular complexity index is 718. The van der Waals surface area contributed by atoms with Crippen molar-refractivity contribution in [1.29, 1.82) is 5.26 Å². The van der Waals surface area contributed by atoms with Crippen LogP contribution in [0.1, 0.15) is 11.1 Å². The molecule has 0 aliphatic rings. The lowest BCUT2D eigenvalue weighted by Gasteiger charge is -2.09. The molecule has 0 atom stereocenters.